The third kappa shape index (κ3) is 5.89. The van der Waals surface area contributed by atoms with E-state index in [0.29, 0.717) is 12.3 Å². The molecule has 0 radical (unpaired) electrons. The summed E-state index contributed by atoms with van der Waals surface area (Å²) in [5, 5.41) is 13.4. The molecule has 0 heterocycles. The minimum Gasteiger partial charge on any atom is -0.491 e. The highest BCUT2D eigenvalue weighted by atomic mass is 16.5. The minimum absolute atomic E-state index is 0.172. The Morgan fingerprint density at radius 1 is 1.08 bits per heavy atom. The Kier molecular flexibility index (Phi) is 7.44. The van der Waals surface area contributed by atoms with Gasteiger partial charge in [-0.1, -0.05) is 55.5 Å². The van der Waals surface area contributed by atoms with E-state index in [1.54, 1.807) is 0 Å². The smallest absolute Gasteiger partial charge is 0.310 e. The molecule has 0 aliphatic rings. The Bertz CT molecular complexity index is 633. The number of ether oxygens (including phenoxy) is 2. The van der Waals surface area contributed by atoms with Gasteiger partial charge in [0.1, 0.15) is 18.5 Å². The van der Waals surface area contributed by atoms with E-state index in [-0.39, 0.29) is 24.5 Å². The average Bonchev–Trinajstić information content (AvgIpc) is 2.67. The number of carbonyl (C=O) groups is 1. The largest absolute Gasteiger partial charge is 0.491 e. The van der Waals surface area contributed by atoms with Gasteiger partial charge in [-0.25, -0.2) is 0 Å². The second-order valence-corrected chi connectivity index (χ2v) is 5.89. The Balaban J connectivity index is 1.93. The zero-order valence-electron chi connectivity index (χ0n) is 14.6. The van der Waals surface area contributed by atoms with Crippen molar-refractivity contribution in [1.29, 1.82) is 0 Å². The number of benzene rings is 2. The molecule has 0 aliphatic carbocycles. The number of nitrogens with one attached hydrogen (secondary N) is 1. The van der Waals surface area contributed by atoms with Crippen molar-refractivity contribution >= 4 is 5.97 Å². The molecule has 134 valence electrons. The lowest BCUT2D eigenvalue weighted by molar-refractivity contribution is -0.146. The van der Waals surface area contributed by atoms with Crippen molar-refractivity contribution in [2.45, 2.75) is 19.1 Å². The fourth-order valence-electron chi connectivity index (χ4n) is 2.60. The predicted octanol–water partition coefficient (Wildman–Crippen LogP) is 2.57. The first-order chi connectivity index (χ1) is 12.1. The zero-order chi connectivity index (χ0) is 18.1. The van der Waals surface area contributed by atoms with Crippen molar-refractivity contribution in [3.05, 3.63) is 66.2 Å². The van der Waals surface area contributed by atoms with Crippen molar-refractivity contribution in [1.82, 2.24) is 5.32 Å². The van der Waals surface area contributed by atoms with Crippen LogP contribution in [0, 0.1) is 5.92 Å². The second kappa shape index (κ2) is 9.81. The number of hydrogen-bond donors (Lipinski definition) is 2. The lowest BCUT2D eigenvalue weighted by atomic mass is 9.94. The summed E-state index contributed by atoms with van der Waals surface area (Å²) in [7, 11) is 1.38. The molecule has 2 aromatic carbocycles. The normalized spacial score (nSPS) is 14.4. The number of esters is 1. The molecule has 2 rings (SSSR count). The van der Waals surface area contributed by atoms with E-state index in [0.717, 1.165) is 5.56 Å². The van der Waals surface area contributed by atoms with Crippen LogP contribution in [-0.2, 0) is 9.53 Å². The Hall–Kier alpha value is -2.37. The zero-order valence-corrected chi connectivity index (χ0v) is 14.6. The van der Waals surface area contributed by atoms with E-state index >= 15 is 0 Å². The topological polar surface area (TPSA) is 67.8 Å². The number of carbonyl (C=O) groups excluding carboxylic acids is 1. The number of aliphatic hydroxyl groups is 1. The van der Waals surface area contributed by atoms with Crippen LogP contribution >= 0.6 is 0 Å². The van der Waals surface area contributed by atoms with Gasteiger partial charge in [-0.05, 0) is 17.7 Å². The molecule has 0 unspecified atom stereocenters. The number of para-hydroxylation sites is 1. The van der Waals surface area contributed by atoms with Gasteiger partial charge in [-0.15, -0.1) is 0 Å². The molecule has 0 amide bonds. The molecule has 0 fully saturated rings. The molecule has 0 saturated heterocycles. The summed E-state index contributed by atoms with van der Waals surface area (Å²) in [6.45, 7) is 2.28. The van der Waals surface area contributed by atoms with Gasteiger partial charge in [-0.2, -0.15) is 0 Å². The van der Waals surface area contributed by atoms with Crippen LogP contribution < -0.4 is 10.1 Å². The van der Waals surface area contributed by atoms with Crippen LogP contribution in [0.3, 0.4) is 0 Å². The van der Waals surface area contributed by atoms with E-state index in [1.807, 2.05) is 67.6 Å². The van der Waals surface area contributed by atoms with Crippen molar-refractivity contribution in [2.75, 3.05) is 20.3 Å². The maximum absolute atomic E-state index is 11.9. The SMILES string of the molecule is COC(=O)[C@H](C)[C@@H](NC[C@H](O)COc1ccccc1)c1ccccc1. The summed E-state index contributed by atoms with van der Waals surface area (Å²) >= 11 is 0. The van der Waals surface area contributed by atoms with Crippen molar-refractivity contribution < 1.29 is 19.4 Å². The predicted molar refractivity (Wildman–Crippen MR) is 96.3 cm³/mol. The van der Waals surface area contributed by atoms with Crippen LogP contribution in [0.1, 0.15) is 18.5 Å². The van der Waals surface area contributed by atoms with Crippen molar-refractivity contribution in [2.24, 2.45) is 5.92 Å². The Labute approximate surface area is 148 Å². The molecule has 5 heteroatoms. The quantitative estimate of drug-likeness (QED) is 0.685. The molecular formula is C20H25NO4. The first-order valence-electron chi connectivity index (χ1n) is 8.34. The van der Waals surface area contributed by atoms with Crippen LogP contribution in [-0.4, -0.2) is 37.4 Å². The van der Waals surface area contributed by atoms with Gasteiger partial charge in [0.25, 0.3) is 0 Å². The van der Waals surface area contributed by atoms with E-state index in [1.165, 1.54) is 7.11 Å². The maximum atomic E-state index is 11.9. The third-order valence-corrected chi connectivity index (χ3v) is 3.99. The average molecular weight is 343 g/mol. The number of methoxy groups -OCH3 is 1. The molecule has 5 nitrogen and oxygen atoms in total. The third-order valence-electron chi connectivity index (χ3n) is 3.99. The number of rotatable bonds is 9. The van der Waals surface area contributed by atoms with E-state index in [4.69, 9.17) is 9.47 Å². The molecule has 2 N–H and O–H groups in total. The van der Waals surface area contributed by atoms with Gasteiger partial charge in [0.15, 0.2) is 0 Å². The second-order valence-electron chi connectivity index (χ2n) is 5.89. The van der Waals surface area contributed by atoms with Gasteiger partial charge in [0.2, 0.25) is 0 Å². The Morgan fingerprint density at radius 3 is 2.28 bits per heavy atom. The molecule has 0 bridgehead atoms. The fourth-order valence-corrected chi connectivity index (χ4v) is 2.60. The summed E-state index contributed by atoms with van der Waals surface area (Å²) in [5.74, 6) is 0.0371. The summed E-state index contributed by atoms with van der Waals surface area (Å²) in [6, 6.07) is 18.8. The van der Waals surface area contributed by atoms with Gasteiger partial charge in [-0.3, -0.25) is 4.79 Å². The van der Waals surface area contributed by atoms with Crippen molar-refractivity contribution in [3.8, 4) is 5.75 Å². The van der Waals surface area contributed by atoms with E-state index in [2.05, 4.69) is 5.32 Å². The molecule has 0 saturated carbocycles. The summed E-state index contributed by atoms with van der Waals surface area (Å²) in [4.78, 5) is 11.9. The molecule has 0 aliphatic heterocycles. The monoisotopic (exact) mass is 343 g/mol. The molecule has 3 atom stereocenters. The number of hydrogen-bond acceptors (Lipinski definition) is 5. The lowest BCUT2D eigenvalue weighted by Gasteiger charge is -2.25. The molecule has 0 spiro atoms. The highest BCUT2D eigenvalue weighted by molar-refractivity contribution is 5.73. The van der Waals surface area contributed by atoms with Crippen LogP contribution in [0.15, 0.2) is 60.7 Å². The van der Waals surface area contributed by atoms with Crippen LogP contribution in [0.4, 0.5) is 0 Å². The summed E-state index contributed by atoms with van der Waals surface area (Å²) in [6.07, 6.45) is -0.698. The first-order valence-corrected chi connectivity index (χ1v) is 8.34. The molecule has 2 aromatic rings. The number of aliphatic hydroxyl groups excluding tert-OH is 1. The minimum atomic E-state index is -0.698. The fraction of sp³-hybridized carbons (Fsp3) is 0.350. The van der Waals surface area contributed by atoms with Crippen LogP contribution in [0.5, 0.6) is 5.75 Å². The Morgan fingerprint density at radius 2 is 1.68 bits per heavy atom. The van der Waals surface area contributed by atoms with Crippen molar-refractivity contribution in [3.63, 3.8) is 0 Å². The van der Waals surface area contributed by atoms with Gasteiger partial charge < -0.3 is 19.9 Å². The highest BCUT2D eigenvalue weighted by Gasteiger charge is 2.26. The summed E-state index contributed by atoms with van der Waals surface area (Å²) < 4.78 is 10.4. The first kappa shape index (κ1) is 19.0. The van der Waals surface area contributed by atoms with Gasteiger partial charge >= 0.3 is 5.97 Å². The standard InChI is InChI=1S/C20H25NO4/c1-15(20(23)24-2)19(16-9-5-3-6-10-16)21-13-17(22)14-25-18-11-7-4-8-12-18/h3-12,15,17,19,21-22H,13-14H2,1-2H3/t15-,17+,19-/m1/s1. The van der Waals surface area contributed by atoms with Gasteiger partial charge in [0, 0.05) is 12.6 Å². The molecule has 0 aromatic heterocycles. The van der Waals surface area contributed by atoms with Crippen LogP contribution in [0.2, 0.25) is 0 Å². The lowest BCUT2D eigenvalue weighted by Crippen LogP contribution is -2.38. The van der Waals surface area contributed by atoms with Crippen LogP contribution in [0.25, 0.3) is 0 Å². The molecular weight excluding hydrogens is 318 g/mol. The maximum Gasteiger partial charge on any atom is 0.310 e. The van der Waals surface area contributed by atoms with E-state index < -0.39 is 6.10 Å². The highest BCUT2D eigenvalue weighted by Crippen LogP contribution is 2.23. The summed E-state index contributed by atoms with van der Waals surface area (Å²) in [5.41, 5.74) is 0.969. The molecule has 25 heavy (non-hydrogen) atoms. The van der Waals surface area contributed by atoms with E-state index in [9.17, 15) is 9.90 Å². The van der Waals surface area contributed by atoms with Gasteiger partial charge in [0.05, 0.1) is 13.0 Å².